The number of nitrogens with one attached hydrogen (secondary N) is 3. The van der Waals surface area contributed by atoms with Crippen LogP contribution in [0.3, 0.4) is 0 Å². The van der Waals surface area contributed by atoms with Gasteiger partial charge in [0.1, 0.15) is 164 Å². The lowest BCUT2D eigenvalue weighted by Gasteiger charge is -2.46. The number of aliphatic hydroxyl groups is 20. The largest absolute Gasteiger partial charge is 0.394 e. The van der Waals surface area contributed by atoms with Crippen molar-refractivity contribution in [2.75, 3.05) is 65.9 Å². The summed E-state index contributed by atoms with van der Waals surface area (Å²) in [6.07, 6.45) is -44.3. The minimum atomic E-state index is -1.90. The number of hydrazine groups is 1. The summed E-state index contributed by atoms with van der Waals surface area (Å²) in [6.45, 7) is -0.184. The van der Waals surface area contributed by atoms with Crippen LogP contribution in [0.1, 0.15) is 110 Å². The Morgan fingerprint density at radius 2 is 0.702 bits per heavy atom. The second kappa shape index (κ2) is 46.3. The van der Waals surface area contributed by atoms with Crippen LogP contribution >= 0.6 is 0 Å². The van der Waals surface area contributed by atoms with Gasteiger partial charge in [-0.25, -0.2) is 5.43 Å². The Balaban J connectivity index is 0.000000378. The van der Waals surface area contributed by atoms with Gasteiger partial charge in [0.15, 0.2) is 37.7 Å². The Hall–Kier alpha value is -3.41. The number of carbonyl (C=O) groups is 5. The Kier molecular flexibility index (Phi) is 40.6. The van der Waals surface area contributed by atoms with Crippen molar-refractivity contribution in [3.05, 3.63) is 0 Å². The molecule has 104 heavy (non-hydrogen) atoms. The first kappa shape index (κ1) is 91.2. The molecule has 31 atom stereocenters. The summed E-state index contributed by atoms with van der Waals surface area (Å²) in [4.78, 5) is 60.4. The topological polar surface area (TPSA) is 663 Å². The normalized spacial score (nSPS) is 38.5. The first-order chi connectivity index (χ1) is 49.5. The number of carbonyl (C=O) groups excluding carboxylic acids is 5. The lowest BCUT2D eigenvalue weighted by atomic mass is 9.96. The third kappa shape index (κ3) is 26.7. The van der Waals surface area contributed by atoms with E-state index in [-0.39, 0.29) is 87.3 Å². The molecule has 2 amide bonds. The molecule has 6 aliphatic heterocycles. The predicted molar refractivity (Wildman–Crippen MR) is 343 cm³/mol. The van der Waals surface area contributed by atoms with Gasteiger partial charge in [0, 0.05) is 45.1 Å². The molecule has 0 radical (unpaired) electrons. The highest BCUT2D eigenvalue weighted by molar-refractivity contribution is 5.82. The summed E-state index contributed by atoms with van der Waals surface area (Å²) < 4.78 is 66.5. The molecule has 0 aromatic heterocycles. The quantitative estimate of drug-likeness (QED) is 0.0199. The maximum absolute atomic E-state index is 12.5. The number of nitrogens with two attached hydrogens (primary N) is 1. The van der Waals surface area contributed by atoms with Crippen LogP contribution in [0.25, 0.3) is 0 Å². The maximum Gasteiger partial charge on any atom is 0.234 e. The van der Waals surface area contributed by atoms with E-state index < -0.39 is 230 Å². The van der Waals surface area contributed by atoms with Gasteiger partial charge >= 0.3 is 0 Å². The molecule has 0 saturated carbocycles. The summed E-state index contributed by atoms with van der Waals surface area (Å²) in [7, 11) is 0. The highest BCUT2D eigenvalue weighted by atomic mass is 16.8. The molecular weight excluding hydrogens is 1400 g/mol. The fraction of sp³-hybridized carbons (Fsp3) is 0.921. The molecule has 0 aromatic rings. The fourth-order valence-electron chi connectivity index (χ4n) is 11.9. The van der Waals surface area contributed by atoms with Crippen LogP contribution in [-0.2, 0) is 80.8 Å². The van der Waals surface area contributed by atoms with Crippen molar-refractivity contribution >= 4 is 29.2 Å². The molecule has 0 bridgehead atoms. The number of rotatable bonds is 42. The predicted octanol–water partition coefficient (Wildman–Crippen LogP) is -11.4. The van der Waals surface area contributed by atoms with Gasteiger partial charge in [-0.2, -0.15) is 0 Å². The first-order valence-electron chi connectivity index (χ1n) is 35.1. The van der Waals surface area contributed by atoms with E-state index in [1.807, 2.05) is 6.92 Å². The van der Waals surface area contributed by atoms with Crippen LogP contribution in [0.4, 0.5) is 0 Å². The van der Waals surface area contributed by atoms with E-state index in [1.54, 1.807) is 0 Å². The van der Waals surface area contributed by atoms with E-state index in [0.29, 0.717) is 51.6 Å². The van der Waals surface area contributed by atoms with E-state index in [4.69, 9.17) is 62.6 Å². The van der Waals surface area contributed by atoms with Gasteiger partial charge in [0.05, 0.1) is 58.9 Å². The molecule has 6 aliphatic rings. The molecule has 41 heteroatoms. The maximum atomic E-state index is 12.5. The van der Waals surface area contributed by atoms with Gasteiger partial charge < -0.3 is 170 Å². The molecule has 606 valence electrons. The van der Waals surface area contributed by atoms with Gasteiger partial charge in [0.2, 0.25) is 11.8 Å². The van der Waals surface area contributed by atoms with Crippen molar-refractivity contribution in [1.82, 2.24) is 16.2 Å². The van der Waals surface area contributed by atoms with Crippen LogP contribution < -0.4 is 21.9 Å². The van der Waals surface area contributed by atoms with Gasteiger partial charge in [0.25, 0.3) is 0 Å². The second-order valence-electron chi connectivity index (χ2n) is 26.2. The lowest BCUT2D eigenvalue weighted by Crippen LogP contribution is -2.65. The van der Waals surface area contributed by atoms with Crippen molar-refractivity contribution < 1.29 is 183 Å². The highest BCUT2D eigenvalue weighted by Crippen LogP contribution is 2.34. The number of amides is 2. The molecule has 0 spiro atoms. The molecule has 6 saturated heterocycles. The zero-order valence-corrected chi connectivity index (χ0v) is 58.0. The monoisotopic (exact) mass is 1520 g/mol. The number of Topliss-reactive ketones (excluding diaryl/α,β-unsaturated/α-hetero) is 3. The summed E-state index contributed by atoms with van der Waals surface area (Å²) in [6, 6.07) is -0.518. The van der Waals surface area contributed by atoms with E-state index >= 15 is 0 Å². The number of ether oxygens (including phenoxy) is 12. The third-order valence-corrected chi connectivity index (χ3v) is 18.3. The number of hydrogen-bond donors (Lipinski definition) is 24. The van der Waals surface area contributed by atoms with Crippen LogP contribution in [0.5, 0.6) is 0 Å². The third-order valence-electron chi connectivity index (χ3n) is 18.3. The molecule has 0 aliphatic carbocycles. The Labute approximate surface area is 598 Å². The Bertz CT molecular complexity index is 2490. The molecular formula is C63H112N4O37. The minimum absolute atomic E-state index is 0.0651. The molecule has 0 aromatic carbocycles. The molecule has 6 heterocycles. The van der Waals surface area contributed by atoms with Crippen molar-refractivity contribution in [3.8, 4) is 0 Å². The minimum Gasteiger partial charge on any atom is -0.394 e. The van der Waals surface area contributed by atoms with E-state index in [0.717, 1.165) is 12.8 Å². The average Bonchev–Trinajstić information content (AvgIpc) is 0.794. The van der Waals surface area contributed by atoms with Gasteiger partial charge in [-0.3, -0.25) is 29.4 Å². The summed E-state index contributed by atoms with van der Waals surface area (Å²) in [5.41, 5.74) is 10.8. The van der Waals surface area contributed by atoms with E-state index in [9.17, 15) is 126 Å². The van der Waals surface area contributed by atoms with Crippen LogP contribution in [0.15, 0.2) is 0 Å². The number of ketones is 3. The van der Waals surface area contributed by atoms with Crippen LogP contribution in [0, 0.1) is 0 Å². The number of aliphatic hydroxyl groups excluding tert-OH is 20. The average molecular weight is 1520 g/mol. The molecule has 0 unspecified atom stereocenters. The van der Waals surface area contributed by atoms with Crippen molar-refractivity contribution in [1.29, 1.82) is 0 Å². The SMILES string of the molecule is CC(=O)[C@H](CCCCN)NNC(=O)CCCCC(=O)CCCO[C@H]1O[C@H](CO[C@H]2O[C@H](CO)[C@@H](O)[C@H](O)[C@@H]2O)[C@@H](O)[C@H](O[C@H]2O[C@H](CO)[C@@H](O)[C@H](O)[C@@H]2O)[C@@H]1O.CCNC(=O)CCCCC(=O)CCCO[C@H]1O[C@H](CO[C@H]2O[C@H](CO)[C@@H](O)[C@H](O)[C@@H]2O)[C@@H](O)[C@H](O[C@H]2O[C@H](CO)[C@@H](O)[C@H](O)[C@@H]2O)[C@@H]1O. The lowest BCUT2D eigenvalue weighted by molar-refractivity contribution is -0.366. The van der Waals surface area contributed by atoms with Gasteiger partial charge in [-0.1, -0.05) is 6.42 Å². The smallest absolute Gasteiger partial charge is 0.234 e. The van der Waals surface area contributed by atoms with E-state index in [2.05, 4.69) is 16.2 Å². The zero-order chi connectivity index (χ0) is 77.1. The molecule has 6 fully saturated rings. The van der Waals surface area contributed by atoms with Gasteiger partial charge in [-0.05, 0) is 71.8 Å². The summed E-state index contributed by atoms with van der Waals surface area (Å²) in [5.74, 6) is -0.706. The van der Waals surface area contributed by atoms with Crippen molar-refractivity contribution in [3.63, 3.8) is 0 Å². The summed E-state index contributed by atoms with van der Waals surface area (Å²) >= 11 is 0. The van der Waals surface area contributed by atoms with Crippen molar-refractivity contribution in [2.45, 2.75) is 300 Å². The Morgan fingerprint density at radius 3 is 1.06 bits per heavy atom. The summed E-state index contributed by atoms with van der Waals surface area (Å²) in [5, 5.41) is 208. The van der Waals surface area contributed by atoms with Crippen molar-refractivity contribution in [2.24, 2.45) is 5.73 Å². The Morgan fingerprint density at radius 1 is 0.375 bits per heavy atom. The molecule has 41 nitrogen and oxygen atoms in total. The van der Waals surface area contributed by atoms with Crippen LogP contribution in [-0.4, -0.2) is 388 Å². The fourth-order valence-corrected chi connectivity index (χ4v) is 11.9. The standard InChI is InChI=1S/C34H61N3O19.C29H51NO18/c1-16(40)18(9-4-5-11-35)36-37-22(42)10-3-2-7-17(41)8-6-12-51-33-30(50)31(56-34-29(49)27(47)24(44)20(14-39)54-34)25(45)21(55-33)15-52-32-28(48)26(46)23(43)19(13-38)53-32;1-2-30-17(34)8-4-3-6-13(33)7-5-9-43-28-25(42)26(48-29-24(41)22(39)19(36)15(11-32)46-29)20(37)16(47-28)12-44-27-23(40)21(38)18(35)14(10-31)45-27/h18-21,23-34,36,38-39,43-50H,2-15,35H2,1H3,(H,37,42);14-16,18-29,31-32,35-42H,2-12H2,1H3,(H,30,34)/t18-,19+,20+,21+,23+,24+,25+,26-,27-,28-,29-,30-,31-,32-,33-,34+;14-,15-,16-,18-,19-,20-,21+,22+,23+,24+,25+,26+,27+,28+,29-/m01/s1. The molecule has 25 N–H and O–H groups in total. The first-order valence-corrected chi connectivity index (χ1v) is 35.1. The second-order valence-corrected chi connectivity index (χ2v) is 26.2. The number of unbranched alkanes of at least 4 members (excludes halogenated alkanes) is 3. The number of hydrogen-bond acceptors (Lipinski definition) is 39. The van der Waals surface area contributed by atoms with Crippen LogP contribution in [0.2, 0.25) is 0 Å². The van der Waals surface area contributed by atoms with E-state index in [1.165, 1.54) is 6.92 Å². The highest BCUT2D eigenvalue weighted by Gasteiger charge is 2.55. The zero-order valence-electron chi connectivity index (χ0n) is 58.0. The molecule has 6 rings (SSSR count). The van der Waals surface area contributed by atoms with Gasteiger partial charge in [-0.15, -0.1) is 0 Å².